The highest BCUT2D eigenvalue weighted by molar-refractivity contribution is 7.21. The molecule has 3 heteroatoms. The Labute approximate surface area is 104 Å². The predicted molar refractivity (Wildman–Crippen MR) is 72.2 cm³/mol. The van der Waals surface area contributed by atoms with Crippen LogP contribution in [0.4, 0.5) is 0 Å². The van der Waals surface area contributed by atoms with E-state index in [1.165, 1.54) is 11.1 Å². The molecule has 0 amide bonds. The molecule has 0 fully saturated rings. The van der Waals surface area contributed by atoms with Crippen molar-refractivity contribution in [3.63, 3.8) is 0 Å². The number of hydrogen-bond acceptors (Lipinski definition) is 3. The number of nitrogens with zero attached hydrogens (tertiary/aromatic N) is 2. The average Bonchev–Trinajstić information content (AvgIpc) is 2.82. The zero-order chi connectivity index (χ0) is 11.7. The Hall–Kier alpha value is -1.74. The summed E-state index contributed by atoms with van der Waals surface area (Å²) in [6, 6.07) is 12.5. The molecule has 0 aliphatic carbocycles. The van der Waals surface area contributed by atoms with Crippen LogP contribution in [-0.4, -0.2) is 9.97 Å². The molecule has 2 aromatic heterocycles. The molecule has 3 rings (SSSR count). The van der Waals surface area contributed by atoms with Gasteiger partial charge in [-0.3, -0.25) is 0 Å². The van der Waals surface area contributed by atoms with E-state index in [1.54, 1.807) is 11.3 Å². The number of hydrogen-bond donors (Lipinski definition) is 0. The van der Waals surface area contributed by atoms with Crippen molar-refractivity contribution in [2.24, 2.45) is 0 Å². The first kappa shape index (κ1) is 10.4. The number of aryl methyl sites for hydroxylation is 1. The zero-order valence-electron chi connectivity index (χ0n) is 9.55. The molecule has 0 bridgehead atoms. The molecule has 1 aromatic carbocycles. The normalized spacial score (nSPS) is 10.9. The molecule has 0 saturated heterocycles. The highest BCUT2D eigenvalue weighted by Gasteiger charge is 2.06. The molecule has 0 spiro atoms. The predicted octanol–water partition coefficient (Wildman–Crippen LogP) is 3.92. The summed E-state index contributed by atoms with van der Waals surface area (Å²) in [6.45, 7) is 2.17. The van der Waals surface area contributed by atoms with Crippen molar-refractivity contribution in [3.8, 4) is 10.6 Å². The Morgan fingerprint density at radius 1 is 1.18 bits per heavy atom. The lowest BCUT2D eigenvalue weighted by molar-refractivity contribution is 1.14. The van der Waals surface area contributed by atoms with Gasteiger partial charge in [-0.15, -0.1) is 0 Å². The molecule has 0 atom stereocenters. The fourth-order valence-corrected chi connectivity index (χ4v) is 2.72. The fraction of sp³-hybridized carbons (Fsp3) is 0.143. The number of rotatable bonds is 2. The topological polar surface area (TPSA) is 25.8 Å². The second kappa shape index (κ2) is 4.26. The van der Waals surface area contributed by atoms with Crippen LogP contribution in [0.15, 0.2) is 42.6 Å². The van der Waals surface area contributed by atoms with E-state index in [1.807, 2.05) is 18.3 Å². The van der Waals surface area contributed by atoms with Gasteiger partial charge in [-0.25, -0.2) is 9.97 Å². The van der Waals surface area contributed by atoms with Gasteiger partial charge in [0.15, 0.2) is 0 Å². The molecule has 0 N–H and O–H groups in total. The quantitative estimate of drug-likeness (QED) is 0.678. The second-order valence-electron chi connectivity index (χ2n) is 3.90. The van der Waals surface area contributed by atoms with Gasteiger partial charge in [0.05, 0.1) is 0 Å². The van der Waals surface area contributed by atoms with E-state index in [2.05, 4.69) is 41.2 Å². The Balaban J connectivity index is 2.13. The monoisotopic (exact) mass is 240 g/mol. The van der Waals surface area contributed by atoms with Gasteiger partial charge in [-0.2, -0.15) is 0 Å². The third-order valence-electron chi connectivity index (χ3n) is 2.75. The van der Waals surface area contributed by atoms with Gasteiger partial charge in [0.1, 0.15) is 15.4 Å². The summed E-state index contributed by atoms with van der Waals surface area (Å²) in [5.74, 6) is 0. The van der Waals surface area contributed by atoms with Crippen LogP contribution in [0.2, 0.25) is 0 Å². The molecule has 0 radical (unpaired) electrons. The van der Waals surface area contributed by atoms with Gasteiger partial charge < -0.3 is 0 Å². The van der Waals surface area contributed by atoms with Crippen LogP contribution >= 0.6 is 11.3 Å². The minimum absolute atomic E-state index is 0.981. The summed E-state index contributed by atoms with van der Waals surface area (Å²) in [4.78, 5) is 9.94. The van der Waals surface area contributed by atoms with E-state index in [4.69, 9.17) is 0 Å². The Morgan fingerprint density at radius 2 is 2.12 bits per heavy atom. The number of benzene rings is 1. The Bertz CT molecular complexity index is 625. The van der Waals surface area contributed by atoms with E-state index in [9.17, 15) is 0 Å². The molecular formula is C14H12N2S. The average molecular weight is 240 g/mol. The van der Waals surface area contributed by atoms with Crippen molar-refractivity contribution in [1.82, 2.24) is 9.97 Å². The second-order valence-corrected chi connectivity index (χ2v) is 4.88. The number of pyridine rings is 1. The standard InChI is InChI=1S/C14H12N2S/c1-2-10-5-3-6-11(9-10)13-16-12-7-4-8-15-14(12)17-13/h3-9H,2H2,1H3. The van der Waals surface area contributed by atoms with Gasteiger partial charge in [0, 0.05) is 11.8 Å². The third kappa shape index (κ3) is 1.94. The van der Waals surface area contributed by atoms with E-state index in [-0.39, 0.29) is 0 Å². The highest BCUT2D eigenvalue weighted by Crippen LogP contribution is 2.29. The van der Waals surface area contributed by atoms with Crippen molar-refractivity contribution in [3.05, 3.63) is 48.2 Å². The summed E-state index contributed by atoms with van der Waals surface area (Å²) in [7, 11) is 0. The van der Waals surface area contributed by atoms with Crippen LogP contribution < -0.4 is 0 Å². The van der Waals surface area contributed by atoms with Crippen LogP contribution in [0.3, 0.4) is 0 Å². The molecule has 84 valence electrons. The first-order valence-electron chi connectivity index (χ1n) is 5.67. The fourth-order valence-electron chi connectivity index (χ4n) is 1.82. The van der Waals surface area contributed by atoms with Gasteiger partial charge in [0.2, 0.25) is 0 Å². The molecule has 2 heterocycles. The van der Waals surface area contributed by atoms with Gasteiger partial charge in [0.25, 0.3) is 0 Å². The third-order valence-corrected chi connectivity index (χ3v) is 3.78. The summed E-state index contributed by atoms with van der Waals surface area (Å²) in [6.07, 6.45) is 2.86. The largest absolute Gasteiger partial charge is 0.244 e. The summed E-state index contributed by atoms with van der Waals surface area (Å²) in [5, 5.41) is 1.05. The Kier molecular flexibility index (Phi) is 2.61. The first-order chi connectivity index (χ1) is 8.36. The van der Waals surface area contributed by atoms with Crippen LogP contribution in [0.1, 0.15) is 12.5 Å². The van der Waals surface area contributed by atoms with E-state index in [0.717, 1.165) is 21.8 Å². The maximum Gasteiger partial charge on any atom is 0.143 e. The van der Waals surface area contributed by atoms with E-state index in [0.29, 0.717) is 0 Å². The molecule has 0 aliphatic heterocycles. The minimum Gasteiger partial charge on any atom is -0.244 e. The van der Waals surface area contributed by atoms with Crippen molar-refractivity contribution in [2.45, 2.75) is 13.3 Å². The van der Waals surface area contributed by atoms with Crippen molar-refractivity contribution in [2.75, 3.05) is 0 Å². The van der Waals surface area contributed by atoms with E-state index < -0.39 is 0 Å². The van der Waals surface area contributed by atoms with Crippen molar-refractivity contribution < 1.29 is 0 Å². The van der Waals surface area contributed by atoms with Gasteiger partial charge in [-0.1, -0.05) is 36.5 Å². The maximum atomic E-state index is 4.61. The van der Waals surface area contributed by atoms with Gasteiger partial charge in [-0.05, 0) is 30.2 Å². The Morgan fingerprint density at radius 3 is 2.94 bits per heavy atom. The highest BCUT2D eigenvalue weighted by atomic mass is 32.1. The molecule has 0 unspecified atom stereocenters. The van der Waals surface area contributed by atoms with Gasteiger partial charge >= 0.3 is 0 Å². The molecular weight excluding hydrogens is 228 g/mol. The minimum atomic E-state index is 0.981. The van der Waals surface area contributed by atoms with E-state index >= 15 is 0 Å². The number of fused-ring (bicyclic) bond motifs is 1. The van der Waals surface area contributed by atoms with Crippen molar-refractivity contribution in [1.29, 1.82) is 0 Å². The molecule has 3 aromatic rings. The van der Waals surface area contributed by atoms with Crippen molar-refractivity contribution >= 4 is 21.7 Å². The van der Waals surface area contributed by atoms with Crippen LogP contribution in [0.5, 0.6) is 0 Å². The van der Waals surface area contributed by atoms with Crippen LogP contribution in [-0.2, 0) is 6.42 Å². The number of aromatic nitrogens is 2. The first-order valence-corrected chi connectivity index (χ1v) is 6.49. The van der Waals surface area contributed by atoms with Crippen LogP contribution in [0.25, 0.3) is 20.9 Å². The lowest BCUT2D eigenvalue weighted by Gasteiger charge is -1.99. The zero-order valence-corrected chi connectivity index (χ0v) is 10.4. The smallest absolute Gasteiger partial charge is 0.143 e. The SMILES string of the molecule is CCc1cccc(-c2nc3cccnc3s2)c1. The molecule has 0 aliphatic rings. The summed E-state index contributed by atoms with van der Waals surface area (Å²) in [5.41, 5.74) is 3.51. The molecule has 17 heavy (non-hydrogen) atoms. The lowest BCUT2D eigenvalue weighted by Crippen LogP contribution is -1.81. The maximum absolute atomic E-state index is 4.61. The van der Waals surface area contributed by atoms with Crippen LogP contribution in [0, 0.1) is 0 Å². The summed E-state index contributed by atoms with van der Waals surface area (Å²) >= 11 is 1.65. The lowest BCUT2D eigenvalue weighted by atomic mass is 10.1. The number of thiazole rings is 1. The molecule has 0 saturated carbocycles. The molecule has 2 nitrogen and oxygen atoms in total. The summed E-state index contributed by atoms with van der Waals surface area (Å²) < 4.78 is 0.